The third-order valence-electron chi connectivity index (χ3n) is 2.92. The molecule has 0 spiro atoms. The van der Waals surface area contributed by atoms with E-state index in [4.69, 9.17) is 8.74 Å². The van der Waals surface area contributed by atoms with E-state index >= 15 is 0 Å². The molecule has 0 aliphatic carbocycles. The highest BCUT2D eigenvalue weighted by Gasteiger charge is 2.23. The maximum Gasteiger partial charge on any atom is 0.267 e. The Morgan fingerprint density at radius 1 is 1.17 bits per heavy atom. The van der Waals surface area contributed by atoms with E-state index in [2.05, 4.69) is 0 Å². The molecule has 0 aromatic heterocycles. The quantitative estimate of drug-likeness (QED) is 0.420. The Kier molecular flexibility index (Phi) is 9.29. The molecule has 0 heterocycles. The lowest BCUT2D eigenvalue weighted by molar-refractivity contribution is -0.113. The van der Waals surface area contributed by atoms with E-state index in [1.54, 1.807) is 0 Å². The number of carbonyl (C=O) groups is 1. The first-order valence-electron chi connectivity index (χ1n) is 7.23. The molecule has 0 amide bonds. The van der Waals surface area contributed by atoms with Crippen LogP contribution in [0.1, 0.15) is 40.5 Å². The van der Waals surface area contributed by atoms with Gasteiger partial charge in [-0.1, -0.05) is 39.5 Å². The minimum Gasteiger partial charge on any atom is -0.287 e. The summed E-state index contributed by atoms with van der Waals surface area (Å²) in [4.78, 5) is 11.5. The summed E-state index contributed by atoms with van der Waals surface area (Å²) in [7, 11) is -8.01. The number of hydrogen-bond acceptors (Lipinski definition) is 7. The molecular weight excluding hydrogens is 364 g/mol. The molecule has 0 bridgehead atoms. The second kappa shape index (κ2) is 9.36. The second-order valence-electron chi connectivity index (χ2n) is 6.40. The van der Waals surface area contributed by atoms with Gasteiger partial charge in [-0.25, -0.2) is 0 Å². The predicted octanol–water partition coefficient (Wildman–Crippen LogP) is 1.94. The van der Waals surface area contributed by atoms with Gasteiger partial charge in [-0.3, -0.25) is 13.5 Å². The standard InChI is InChI=1S/C13H26O7S3/c1-11(2)12(14)21-7-6-13(3,4)10-20-23(18,19)9-5-8-22(15,16)17/h11H,5-10H2,1-4H3,(H,15,16,17). The van der Waals surface area contributed by atoms with Gasteiger partial charge < -0.3 is 0 Å². The highest BCUT2D eigenvalue weighted by molar-refractivity contribution is 8.13. The Morgan fingerprint density at radius 3 is 2.22 bits per heavy atom. The third-order valence-corrected chi connectivity index (χ3v) is 6.15. The summed E-state index contributed by atoms with van der Waals surface area (Å²) in [5, 5.41) is 0.0968. The van der Waals surface area contributed by atoms with E-state index in [0.29, 0.717) is 12.2 Å². The fourth-order valence-electron chi connectivity index (χ4n) is 1.39. The lowest BCUT2D eigenvalue weighted by Crippen LogP contribution is -2.25. The SMILES string of the molecule is CC(C)C(=O)SCCC(C)(C)COS(=O)(=O)CCCS(=O)(=O)O. The average Bonchev–Trinajstić information content (AvgIpc) is 2.34. The molecule has 0 rings (SSSR count). The molecule has 10 heteroatoms. The van der Waals surface area contributed by atoms with Crippen molar-refractivity contribution >= 4 is 37.1 Å². The predicted molar refractivity (Wildman–Crippen MR) is 91.5 cm³/mol. The highest BCUT2D eigenvalue weighted by Crippen LogP contribution is 2.25. The molecule has 7 nitrogen and oxygen atoms in total. The van der Waals surface area contributed by atoms with Gasteiger partial charge in [0.25, 0.3) is 20.2 Å². The molecule has 0 aromatic rings. The van der Waals surface area contributed by atoms with E-state index in [1.165, 1.54) is 11.8 Å². The average molecular weight is 391 g/mol. The van der Waals surface area contributed by atoms with Crippen molar-refractivity contribution in [2.45, 2.75) is 40.5 Å². The maximum atomic E-state index is 11.7. The molecule has 0 fully saturated rings. The van der Waals surface area contributed by atoms with Gasteiger partial charge in [0.1, 0.15) is 0 Å². The molecule has 0 unspecified atom stereocenters. The largest absolute Gasteiger partial charge is 0.287 e. The van der Waals surface area contributed by atoms with Crippen LogP contribution < -0.4 is 0 Å². The molecule has 0 saturated heterocycles. The molecule has 0 radical (unpaired) electrons. The number of thioether (sulfide) groups is 1. The van der Waals surface area contributed by atoms with Gasteiger partial charge in [0, 0.05) is 11.7 Å². The minimum atomic E-state index is -4.17. The van der Waals surface area contributed by atoms with Crippen molar-refractivity contribution in [1.29, 1.82) is 0 Å². The van der Waals surface area contributed by atoms with Crippen LogP contribution in [0, 0.1) is 11.3 Å². The normalized spacial score (nSPS) is 13.5. The van der Waals surface area contributed by atoms with Crippen molar-refractivity contribution in [3.05, 3.63) is 0 Å². The first-order valence-corrected chi connectivity index (χ1v) is 11.4. The van der Waals surface area contributed by atoms with Crippen LogP contribution in [0.25, 0.3) is 0 Å². The van der Waals surface area contributed by atoms with E-state index in [0.717, 1.165) is 0 Å². The van der Waals surface area contributed by atoms with Gasteiger partial charge >= 0.3 is 0 Å². The van der Waals surface area contributed by atoms with Crippen molar-refractivity contribution in [3.8, 4) is 0 Å². The lowest BCUT2D eigenvalue weighted by atomic mass is 9.92. The highest BCUT2D eigenvalue weighted by atomic mass is 32.2. The Morgan fingerprint density at radius 2 is 1.74 bits per heavy atom. The topological polar surface area (TPSA) is 115 Å². The van der Waals surface area contributed by atoms with Crippen molar-refractivity contribution < 1.29 is 30.4 Å². The number of rotatable bonds is 11. The molecule has 0 saturated carbocycles. The Labute approximate surface area is 143 Å². The van der Waals surface area contributed by atoms with Crippen LogP contribution in [-0.4, -0.2) is 50.4 Å². The fourth-order valence-corrected chi connectivity index (χ4v) is 4.39. The van der Waals surface area contributed by atoms with Crippen molar-refractivity contribution in [1.82, 2.24) is 0 Å². The van der Waals surface area contributed by atoms with Gasteiger partial charge in [0.15, 0.2) is 5.12 Å². The van der Waals surface area contributed by atoms with Gasteiger partial charge in [0.05, 0.1) is 18.1 Å². The van der Waals surface area contributed by atoms with Gasteiger partial charge in [-0.05, 0) is 18.3 Å². The zero-order valence-corrected chi connectivity index (χ0v) is 16.4. The smallest absolute Gasteiger partial charge is 0.267 e. The summed E-state index contributed by atoms with van der Waals surface area (Å²) < 4.78 is 57.9. The van der Waals surface area contributed by atoms with Gasteiger partial charge in [-0.2, -0.15) is 16.8 Å². The first kappa shape index (κ1) is 22.8. The van der Waals surface area contributed by atoms with Crippen LogP contribution >= 0.6 is 11.8 Å². The van der Waals surface area contributed by atoms with Crippen LogP contribution in [-0.2, 0) is 29.2 Å². The van der Waals surface area contributed by atoms with Crippen LogP contribution in [0.4, 0.5) is 0 Å². The summed E-state index contributed by atoms with van der Waals surface area (Å²) in [6.07, 6.45) is 0.386. The summed E-state index contributed by atoms with van der Waals surface area (Å²) in [5.74, 6) is -0.547. The Hall–Kier alpha value is -0.160. The van der Waals surface area contributed by atoms with E-state index in [9.17, 15) is 21.6 Å². The van der Waals surface area contributed by atoms with Crippen molar-refractivity contribution in [2.75, 3.05) is 23.9 Å². The molecule has 138 valence electrons. The molecule has 0 aliphatic heterocycles. The minimum absolute atomic E-state index is 0.0393. The summed E-state index contributed by atoms with van der Waals surface area (Å²) in [6, 6.07) is 0. The van der Waals surface area contributed by atoms with Crippen LogP contribution in [0.5, 0.6) is 0 Å². The lowest BCUT2D eigenvalue weighted by Gasteiger charge is -2.23. The third kappa shape index (κ3) is 12.9. The fraction of sp³-hybridized carbons (Fsp3) is 0.923. The van der Waals surface area contributed by atoms with Gasteiger partial charge in [-0.15, -0.1) is 0 Å². The molecule has 0 aromatic carbocycles. The van der Waals surface area contributed by atoms with E-state index in [-0.39, 0.29) is 24.1 Å². The zero-order valence-electron chi connectivity index (χ0n) is 13.9. The molecule has 23 heavy (non-hydrogen) atoms. The molecule has 0 aliphatic rings. The number of hydrogen-bond donors (Lipinski definition) is 1. The van der Waals surface area contributed by atoms with E-state index < -0.39 is 37.2 Å². The summed E-state index contributed by atoms with van der Waals surface area (Å²) >= 11 is 1.22. The number of carbonyl (C=O) groups excluding carboxylic acids is 1. The zero-order chi connectivity index (χ0) is 18.3. The summed E-state index contributed by atoms with van der Waals surface area (Å²) in [6.45, 7) is 7.27. The van der Waals surface area contributed by atoms with E-state index in [1.807, 2.05) is 27.7 Å². The van der Waals surface area contributed by atoms with Crippen LogP contribution in [0.3, 0.4) is 0 Å². The maximum absolute atomic E-state index is 11.7. The molecule has 1 N–H and O–H groups in total. The molecular formula is C13H26O7S3. The Bertz CT molecular complexity index is 577. The van der Waals surface area contributed by atoms with Crippen molar-refractivity contribution in [3.63, 3.8) is 0 Å². The van der Waals surface area contributed by atoms with Gasteiger partial charge in [0.2, 0.25) is 0 Å². The van der Waals surface area contributed by atoms with Crippen molar-refractivity contribution in [2.24, 2.45) is 11.3 Å². The second-order valence-corrected chi connectivity index (χ2v) is 10.8. The first-order chi connectivity index (χ1) is 10.2. The summed E-state index contributed by atoms with van der Waals surface area (Å²) in [5.41, 5.74) is -0.430. The monoisotopic (exact) mass is 390 g/mol. The van der Waals surface area contributed by atoms with Crippen LogP contribution in [0.2, 0.25) is 0 Å². The van der Waals surface area contributed by atoms with Crippen LogP contribution in [0.15, 0.2) is 0 Å². The molecule has 0 atom stereocenters. The Balaban J connectivity index is 4.22.